The maximum absolute atomic E-state index is 5.96. The number of piperidine rings is 1. The first-order chi connectivity index (χ1) is 8.49. The molecule has 3 nitrogen and oxygen atoms in total. The minimum absolute atomic E-state index is 0.0223. The minimum Gasteiger partial charge on any atom is -0.445 e. The molecule has 0 bridgehead atoms. The van der Waals surface area contributed by atoms with Crippen molar-refractivity contribution in [2.45, 2.75) is 57.8 Å². The molecule has 1 aromatic heterocycles. The Hall–Kier alpha value is -0.830. The van der Waals surface area contributed by atoms with E-state index in [2.05, 4.69) is 31.1 Å². The first-order valence-corrected chi connectivity index (χ1v) is 7.16. The summed E-state index contributed by atoms with van der Waals surface area (Å²) in [5.41, 5.74) is 0.638. The van der Waals surface area contributed by atoms with E-state index in [1.54, 1.807) is 0 Å². The molecule has 3 heteroatoms. The van der Waals surface area contributed by atoms with E-state index < -0.39 is 0 Å². The van der Waals surface area contributed by atoms with E-state index in [0.717, 1.165) is 11.7 Å². The van der Waals surface area contributed by atoms with Crippen LogP contribution in [0.15, 0.2) is 10.6 Å². The van der Waals surface area contributed by atoms with Crippen LogP contribution in [0.2, 0.25) is 0 Å². The summed E-state index contributed by atoms with van der Waals surface area (Å²) in [5.74, 6) is 2.61. The predicted molar refractivity (Wildman–Crippen MR) is 71.7 cm³/mol. The van der Waals surface area contributed by atoms with Gasteiger partial charge in [-0.25, -0.2) is 4.98 Å². The molecule has 3 rings (SSSR count). The Kier molecular flexibility index (Phi) is 2.77. The first kappa shape index (κ1) is 12.2. The maximum atomic E-state index is 5.96. The molecule has 0 amide bonds. The van der Waals surface area contributed by atoms with Crippen molar-refractivity contribution in [2.75, 3.05) is 13.1 Å². The summed E-state index contributed by atoms with van der Waals surface area (Å²) in [5, 5.41) is 3.45. The monoisotopic (exact) mass is 248 g/mol. The van der Waals surface area contributed by atoms with Gasteiger partial charge in [-0.05, 0) is 44.2 Å². The molecular formula is C15H24N2O. The van der Waals surface area contributed by atoms with Gasteiger partial charge in [-0.15, -0.1) is 0 Å². The molecule has 1 N–H and O–H groups in total. The lowest BCUT2D eigenvalue weighted by Gasteiger charge is -2.49. The molecule has 0 radical (unpaired) electrons. The molecule has 1 aliphatic carbocycles. The van der Waals surface area contributed by atoms with Crippen LogP contribution >= 0.6 is 0 Å². The zero-order chi connectivity index (χ0) is 12.8. The fourth-order valence-corrected chi connectivity index (χ4v) is 3.37. The van der Waals surface area contributed by atoms with Crippen LogP contribution in [-0.4, -0.2) is 18.1 Å². The number of hydrogen-bond acceptors (Lipinski definition) is 3. The lowest BCUT2D eigenvalue weighted by atomic mass is 9.57. The van der Waals surface area contributed by atoms with Gasteiger partial charge in [-0.2, -0.15) is 0 Å². The van der Waals surface area contributed by atoms with Gasteiger partial charge in [-0.3, -0.25) is 0 Å². The average Bonchev–Trinajstić information content (AvgIpc) is 2.75. The number of hydrogen-bond donors (Lipinski definition) is 1. The van der Waals surface area contributed by atoms with Crippen molar-refractivity contribution in [3.8, 4) is 0 Å². The SMILES string of the molecule is CC(C)(C)c1ncc(C2CC3(CCNCC3)C2)o1. The molecular weight excluding hydrogens is 224 g/mol. The van der Waals surface area contributed by atoms with E-state index in [1.165, 1.54) is 38.8 Å². The van der Waals surface area contributed by atoms with Crippen LogP contribution < -0.4 is 5.32 Å². The van der Waals surface area contributed by atoms with Gasteiger partial charge in [0, 0.05) is 11.3 Å². The van der Waals surface area contributed by atoms with Gasteiger partial charge in [0.2, 0.25) is 0 Å². The molecule has 18 heavy (non-hydrogen) atoms. The second-order valence-corrected chi connectivity index (χ2v) is 7.17. The molecule has 0 atom stereocenters. The number of aromatic nitrogens is 1. The van der Waals surface area contributed by atoms with Crippen molar-refractivity contribution in [1.29, 1.82) is 0 Å². The van der Waals surface area contributed by atoms with Crippen molar-refractivity contribution in [3.63, 3.8) is 0 Å². The largest absolute Gasteiger partial charge is 0.445 e. The minimum atomic E-state index is 0.0223. The highest BCUT2D eigenvalue weighted by Gasteiger charge is 2.46. The highest BCUT2D eigenvalue weighted by molar-refractivity contribution is 5.14. The molecule has 1 saturated carbocycles. The second-order valence-electron chi connectivity index (χ2n) is 7.17. The number of nitrogens with zero attached hydrogens (tertiary/aromatic N) is 1. The molecule has 2 fully saturated rings. The van der Waals surface area contributed by atoms with Gasteiger partial charge in [-0.1, -0.05) is 20.8 Å². The summed E-state index contributed by atoms with van der Waals surface area (Å²) in [7, 11) is 0. The lowest BCUT2D eigenvalue weighted by Crippen LogP contribution is -2.44. The predicted octanol–water partition coefficient (Wildman–Crippen LogP) is 3.22. The van der Waals surface area contributed by atoms with Crippen LogP contribution in [0.25, 0.3) is 0 Å². The Bertz CT molecular complexity index is 416. The summed E-state index contributed by atoms with van der Waals surface area (Å²) in [6, 6.07) is 0. The van der Waals surface area contributed by atoms with Gasteiger partial charge in [0.25, 0.3) is 0 Å². The lowest BCUT2D eigenvalue weighted by molar-refractivity contribution is 0.0502. The third-order valence-corrected chi connectivity index (χ3v) is 4.59. The fourth-order valence-electron chi connectivity index (χ4n) is 3.37. The van der Waals surface area contributed by atoms with Gasteiger partial charge in [0.05, 0.1) is 6.20 Å². The van der Waals surface area contributed by atoms with Crippen molar-refractivity contribution in [2.24, 2.45) is 5.41 Å². The smallest absolute Gasteiger partial charge is 0.199 e. The molecule has 1 saturated heterocycles. The van der Waals surface area contributed by atoms with E-state index in [9.17, 15) is 0 Å². The second kappa shape index (κ2) is 4.09. The third kappa shape index (κ3) is 2.09. The molecule has 1 aromatic rings. The zero-order valence-corrected chi connectivity index (χ0v) is 11.8. The van der Waals surface area contributed by atoms with E-state index >= 15 is 0 Å². The maximum Gasteiger partial charge on any atom is 0.199 e. The summed E-state index contributed by atoms with van der Waals surface area (Å²) < 4.78 is 5.96. The van der Waals surface area contributed by atoms with Gasteiger partial charge >= 0.3 is 0 Å². The fraction of sp³-hybridized carbons (Fsp3) is 0.800. The van der Waals surface area contributed by atoms with Crippen molar-refractivity contribution < 1.29 is 4.42 Å². The summed E-state index contributed by atoms with van der Waals surface area (Å²) in [6.07, 6.45) is 7.23. The van der Waals surface area contributed by atoms with Crippen LogP contribution in [0.5, 0.6) is 0 Å². The standard InChI is InChI=1S/C15H24N2O/c1-14(2,3)13-17-10-12(18-13)11-8-15(9-11)4-6-16-7-5-15/h10-11,16H,4-9H2,1-3H3. The Labute approximate surface area is 109 Å². The van der Waals surface area contributed by atoms with Crippen LogP contribution in [0.3, 0.4) is 0 Å². The third-order valence-electron chi connectivity index (χ3n) is 4.59. The van der Waals surface area contributed by atoms with Crippen LogP contribution in [0.4, 0.5) is 0 Å². The number of nitrogens with one attached hydrogen (secondary N) is 1. The highest BCUT2D eigenvalue weighted by atomic mass is 16.4. The molecule has 0 aromatic carbocycles. The summed E-state index contributed by atoms with van der Waals surface area (Å²) >= 11 is 0. The van der Waals surface area contributed by atoms with E-state index in [0.29, 0.717) is 11.3 Å². The van der Waals surface area contributed by atoms with Crippen molar-refractivity contribution in [3.05, 3.63) is 17.8 Å². The van der Waals surface area contributed by atoms with E-state index in [-0.39, 0.29) is 5.41 Å². The topological polar surface area (TPSA) is 38.1 Å². The molecule has 100 valence electrons. The number of rotatable bonds is 1. The Balaban J connectivity index is 1.66. The van der Waals surface area contributed by atoms with E-state index in [1.807, 2.05) is 6.20 Å². The summed E-state index contributed by atoms with van der Waals surface area (Å²) in [4.78, 5) is 4.44. The Morgan fingerprint density at radius 2 is 1.94 bits per heavy atom. The van der Waals surface area contributed by atoms with Gasteiger partial charge in [0.15, 0.2) is 5.89 Å². The molecule has 2 aliphatic rings. The molecule has 1 spiro atoms. The molecule has 2 heterocycles. The van der Waals surface area contributed by atoms with Crippen molar-refractivity contribution >= 4 is 0 Å². The Morgan fingerprint density at radius 1 is 1.28 bits per heavy atom. The average molecular weight is 248 g/mol. The van der Waals surface area contributed by atoms with Gasteiger partial charge in [0.1, 0.15) is 5.76 Å². The zero-order valence-electron chi connectivity index (χ0n) is 11.8. The van der Waals surface area contributed by atoms with Crippen molar-refractivity contribution in [1.82, 2.24) is 10.3 Å². The van der Waals surface area contributed by atoms with E-state index in [4.69, 9.17) is 4.42 Å². The van der Waals surface area contributed by atoms with Crippen LogP contribution in [-0.2, 0) is 5.41 Å². The molecule has 1 aliphatic heterocycles. The highest BCUT2D eigenvalue weighted by Crippen LogP contribution is 2.56. The van der Waals surface area contributed by atoms with Crippen LogP contribution in [0.1, 0.15) is 64.0 Å². The van der Waals surface area contributed by atoms with Crippen LogP contribution in [0, 0.1) is 5.41 Å². The first-order valence-electron chi connectivity index (χ1n) is 7.16. The molecule has 0 unspecified atom stereocenters. The number of oxazole rings is 1. The van der Waals surface area contributed by atoms with Gasteiger partial charge < -0.3 is 9.73 Å². The normalized spacial score (nSPS) is 24.2. The quantitative estimate of drug-likeness (QED) is 0.829. The summed E-state index contributed by atoms with van der Waals surface area (Å²) in [6.45, 7) is 8.83. The Morgan fingerprint density at radius 3 is 2.50 bits per heavy atom.